The molecule has 0 saturated carbocycles. The van der Waals surface area contributed by atoms with E-state index in [0.717, 1.165) is 11.3 Å². The average Bonchev–Trinajstić information content (AvgIpc) is 2.29. The molecular formula is C9H8N2O. The van der Waals surface area contributed by atoms with Gasteiger partial charge in [-0.25, -0.2) is 0 Å². The molecule has 60 valence electrons. The van der Waals surface area contributed by atoms with E-state index in [1.165, 1.54) is 0 Å². The Morgan fingerprint density at radius 1 is 1.17 bits per heavy atom. The Hall–Kier alpha value is -1.77. The number of hydrogen-bond acceptors (Lipinski definition) is 3. The molecule has 0 fully saturated rings. The third kappa shape index (κ3) is 1.16. The van der Waals surface area contributed by atoms with E-state index in [1.54, 1.807) is 6.08 Å². The summed E-state index contributed by atoms with van der Waals surface area (Å²) >= 11 is 0. The summed E-state index contributed by atoms with van der Waals surface area (Å²) in [6.45, 7) is 0. The van der Waals surface area contributed by atoms with Crippen molar-refractivity contribution in [2.75, 3.05) is 0 Å². The van der Waals surface area contributed by atoms with Gasteiger partial charge in [0.25, 0.3) is 0 Å². The zero-order valence-corrected chi connectivity index (χ0v) is 6.40. The van der Waals surface area contributed by atoms with Gasteiger partial charge in [0.05, 0.1) is 0 Å². The average molecular weight is 160 g/mol. The Labute approximate surface area is 70.1 Å². The van der Waals surface area contributed by atoms with Crippen LogP contribution in [0.25, 0.3) is 6.08 Å². The van der Waals surface area contributed by atoms with Crippen LogP contribution in [0, 0.1) is 0 Å². The Morgan fingerprint density at radius 3 is 2.92 bits per heavy atom. The number of fused-ring (bicyclic) bond motifs is 1. The van der Waals surface area contributed by atoms with Gasteiger partial charge in [-0.2, -0.15) is 0 Å². The number of nitrogens with zero attached hydrogens (tertiary/aromatic N) is 1. The van der Waals surface area contributed by atoms with Crippen molar-refractivity contribution in [3.63, 3.8) is 0 Å². The molecule has 3 nitrogen and oxygen atoms in total. The number of rotatable bonds is 0. The van der Waals surface area contributed by atoms with Gasteiger partial charge in [-0.05, 0) is 18.2 Å². The summed E-state index contributed by atoms with van der Waals surface area (Å²) in [5, 5.41) is 3.67. The molecule has 0 aromatic heterocycles. The lowest BCUT2D eigenvalue weighted by molar-refractivity contribution is 0.341. The monoisotopic (exact) mass is 160 g/mol. The first-order valence-electron chi connectivity index (χ1n) is 3.64. The summed E-state index contributed by atoms with van der Waals surface area (Å²) in [6, 6.07) is 7.62. The van der Waals surface area contributed by atoms with Crippen molar-refractivity contribution in [2.24, 2.45) is 10.9 Å². The van der Waals surface area contributed by atoms with Crippen molar-refractivity contribution in [2.45, 2.75) is 0 Å². The van der Waals surface area contributed by atoms with E-state index in [2.05, 4.69) is 5.16 Å². The van der Waals surface area contributed by atoms with Crippen LogP contribution in [0.1, 0.15) is 5.56 Å². The second-order valence-corrected chi connectivity index (χ2v) is 2.48. The molecule has 0 aliphatic carbocycles. The molecule has 1 aromatic carbocycles. The van der Waals surface area contributed by atoms with Crippen LogP contribution in [-0.4, -0.2) is 5.84 Å². The highest BCUT2D eigenvalue weighted by Crippen LogP contribution is 2.20. The van der Waals surface area contributed by atoms with Crippen LogP contribution in [0.15, 0.2) is 35.5 Å². The van der Waals surface area contributed by atoms with E-state index >= 15 is 0 Å². The molecule has 12 heavy (non-hydrogen) atoms. The van der Waals surface area contributed by atoms with Crippen LogP contribution >= 0.6 is 0 Å². The number of benzene rings is 1. The highest BCUT2D eigenvalue weighted by atomic mass is 16.6. The van der Waals surface area contributed by atoms with Crippen LogP contribution in [0.2, 0.25) is 0 Å². The summed E-state index contributed by atoms with van der Waals surface area (Å²) in [5.41, 5.74) is 6.44. The van der Waals surface area contributed by atoms with Gasteiger partial charge in [-0.3, -0.25) is 0 Å². The Bertz CT molecular complexity index is 355. The van der Waals surface area contributed by atoms with Crippen LogP contribution in [0.3, 0.4) is 0 Å². The third-order valence-electron chi connectivity index (χ3n) is 1.60. The summed E-state index contributed by atoms with van der Waals surface area (Å²) in [7, 11) is 0. The molecule has 1 heterocycles. The lowest BCUT2D eigenvalue weighted by Gasteiger charge is -1.99. The zero-order valence-electron chi connectivity index (χ0n) is 6.40. The summed E-state index contributed by atoms with van der Waals surface area (Å²) in [4.78, 5) is 5.06. The number of nitrogens with two attached hydrogens (primary N) is 1. The lowest BCUT2D eigenvalue weighted by atomic mass is 10.2. The lowest BCUT2D eigenvalue weighted by Crippen LogP contribution is -2.07. The fourth-order valence-corrected chi connectivity index (χ4v) is 1.01. The summed E-state index contributed by atoms with van der Waals surface area (Å²) < 4.78 is 0. The molecule has 0 atom stereocenters. The second-order valence-electron chi connectivity index (χ2n) is 2.48. The van der Waals surface area contributed by atoms with Gasteiger partial charge in [0.2, 0.25) is 0 Å². The van der Waals surface area contributed by atoms with Gasteiger partial charge in [0.1, 0.15) is 0 Å². The summed E-state index contributed by atoms with van der Waals surface area (Å²) in [6.07, 6.45) is 3.59. The second kappa shape index (κ2) is 2.70. The van der Waals surface area contributed by atoms with E-state index < -0.39 is 0 Å². The van der Waals surface area contributed by atoms with Crippen LogP contribution in [-0.2, 0) is 0 Å². The topological polar surface area (TPSA) is 47.6 Å². The van der Waals surface area contributed by atoms with Gasteiger partial charge < -0.3 is 10.6 Å². The van der Waals surface area contributed by atoms with Gasteiger partial charge >= 0.3 is 0 Å². The highest BCUT2D eigenvalue weighted by molar-refractivity contribution is 5.95. The number of amidine groups is 1. The standard InChI is InChI=1S/C9H8N2O/c10-9-6-5-7-3-1-2-4-8(7)12-11-9/h1-6H,(H2,10,11). The van der Waals surface area contributed by atoms with Crippen LogP contribution in [0.4, 0.5) is 0 Å². The highest BCUT2D eigenvalue weighted by Gasteiger charge is 2.02. The molecule has 3 heteroatoms. The minimum Gasteiger partial charge on any atom is -0.381 e. The molecular weight excluding hydrogens is 152 g/mol. The van der Waals surface area contributed by atoms with Crippen molar-refractivity contribution >= 4 is 11.9 Å². The molecule has 1 aliphatic rings. The quantitative estimate of drug-likeness (QED) is 0.623. The maximum absolute atomic E-state index is 5.45. The molecule has 2 N–H and O–H groups in total. The Kier molecular flexibility index (Phi) is 1.55. The van der Waals surface area contributed by atoms with Gasteiger partial charge in [-0.15, -0.1) is 0 Å². The molecule has 0 bridgehead atoms. The normalized spacial score (nSPS) is 14.2. The smallest absolute Gasteiger partial charge is 0.165 e. The number of para-hydroxylation sites is 1. The van der Waals surface area contributed by atoms with Gasteiger partial charge in [0, 0.05) is 5.56 Å². The molecule has 0 radical (unpaired) electrons. The maximum Gasteiger partial charge on any atom is 0.165 e. The Balaban J connectivity index is 2.48. The first-order valence-corrected chi connectivity index (χ1v) is 3.64. The predicted molar refractivity (Wildman–Crippen MR) is 47.7 cm³/mol. The molecule has 0 amide bonds. The predicted octanol–water partition coefficient (Wildman–Crippen LogP) is 1.36. The SMILES string of the molecule is NC1=NOc2ccccc2C=C1. The number of oxime groups is 1. The third-order valence-corrected chi connectivity index (χ3v) is 1.60. The molecule has 0 saturated heterocycles. The van der Waals surface area contributed by atoms with Gasteiger partial charge in [-0.1, -0.05) is 23.4 Å². The van der Waals surface area contributed by atoms with Crippen molar-refractivity contribution in [1.82, 2.24) is 0 Å². The van der Waals surface area contributed by atoms with Crippen molar-refractivity contribution in [3.8, 4) is 5.75 Å². The summed E-state index contributed by atoms with van der Waals surface area (Å²) in [5.74, 6) is 1.11. The van der Waals surface area contributed by atoms with Crippen LogP contribution < -0.4 is 10.6 Å². The largest absolute Gasteiger partial charge is 0.381 e. The molecule has 2 rings (SSSR count). The minimum atomic E-state index is 0.381. The van der Waals surface area contributed by atoms with E-state index in [0.29, 0.717) is 5.84 Å². The molecule has 0 unspecified atom stereocenters. The van der Waals surface area contributed by atoms with E-state index in [1.807, 2.05) is 30.3 Å². The first-order chi connectivity index (χ1) is 5.86. The Morgan fingerprint density at radius 2 is 2.00 bits per heavy atom. The fourth-order valence-electron chi connectivity index (χ4n) is 1.01. The zero-order chi connectivity index (χ0) is 8.39. The van der Waals surface area contributed by atoms with Crippen molar-refractivity contribution < 1.29 is 4.84 Å². The fraction of sp³-hybridized carbons (Fsp3) is 0. The number of hydrogen-bond donors (Lipinski definition) is 1. The van der Waals surface area contributed by atoms with E-state index in [-0.39, 0.29) is 0 Å². The maximum atomic E-state index is 5.45. The van der Waals surface area contributed by atoms with Crippen molar-refractivity contribution in [1.29, 1.82) is 0 Å². The van der Waals surface area contributed by atoms with E-state index in [9.17, 15) is 0 Å². The minimum absolute atomic E-state index is 0.381. The molecule has 0 spiro atoms. The van der Waals surface area contributed by atoms with Crippen molar-refractivity contribution in [3.05, 3.63) is 35.9 Å². The van der Waals surface area contributed by atoms with E-state index in [4.69, 9.17) is 10.6 Å². The molecule has 1 aliphatic heterocycles. The van der Waals surface area contributed by atoms with Gasteiger partial charge in [0.15, 0.2) is 11.6 Å². The van der Waals surface area contributed by atoms with Crippen LogP contribution in [0.5, 0.6) is 5.75 Å². The first kappa shape index (κ1) is 6.91. The molecule has 1 aromatic rings.